The van der Waals surface area contributed by atoms with Gasteiger partial charge in [0.25, 0.3) is 0 Å². The smallest absolute Gasteiger partial charge is 0.0455 e. The van der Waals surface area contributed by atoms with E-state index >= 15 is 0 Å². The average molecular weight is 222 g/mol. The first-order valence-corrected chi connectivity index (χ1v) is 5.83. The van der Waals surface area contributed by atoms with Crippen LogP contribution in [-0.2, 0) is 0 Å². The number of nitrogens with one attached hydrogen (secondary N) is 1. The lowest BCUT2D eigenvalue weighted by Crippen LogP contribution is -2.18. The molecule has 0 saturated carbocycles. The van der Waals surface area contributed by atoms with Gasteiger partial charge in [0.1, 0.15) is 0 Å². The van der Waals surface area contributed by atoms with Crippen molar-refractivity contribution >= 4 is 17.3 Å². The molecule has 80 valence electrons. The fraction of sp³-hybridized carbons (Fsp3) is 0.385. The van der Waals surface area contributed by atoms with Gasteiger partial charge in [-0.15, -0.1) is 0 Å². The van der Waals surface area contributed by atoms with Crippen LogP contribution in [0, 0.1) is 6.92 Å². The summed E-state index contributed by atoms with van der Waals surface area (Å²) in [5.74, 6) is 0. The first-order chi connectivity index (χ1) is 7.25. The summed E-state index contributed by atoms with van der Waals surface area (Å²) in [7, 11) is 0. The molecule has 1 aromatic rings. The monoisotopic (exact) mass is 221 g/mol. The summed E-state index contributed by atoms with van der Waals surface area (Å²) in [5.41, 5.74) is 2.24. The topological polar surface area (TPSA) is 12.0 Å². The van der Waals surface area contributed by atoms with Crippen LogP contribution < -0.4 is 5.32 Å². The predicted molar refractivity (Wildman–Crippen MR) is 66.6 cm³/mol. The first-order valence-electron chi connectivity index (χ1n) is 5.45. The number of hydrogen-bond donors (Lipinski definition) is 1. The molecule has 1 aliphatic carbocycles. The minimum atomic E-state index is 0.470. The molecule has 15 heavy (non-hydrogen) atoms. The first kappa shape index (κ1) is 10.6. The van der Waals surface area contributed by atoms with Crippen molar-refractivity contribution in [2.24, 2.45) is 0 Å². The highest BCUT2D eigenvalue weighted by atomic mass is 35.5. The van der Waals surface area contributed by atoms with Gasteiger partial charge in [-0.3, -0.25) is 0 Å². The largest absolute Gasteiger partial charge is 0.379 e. The number of hydrogen-bond acceptors (Lipinski definition) is 1. The lowest BCUT2D eigenvalue weighted by Gasteiger charge is -2.19. The second-order valence-corrected chi connectivity index (χ2v) is 4.48. The molecule has 1 aliphatic rings. The summed E-state index contributed by atoms with van der Waals surface area (Å²) in [4.78, 5) is 0. The third kappa shape index (κ3) is 2.75. The molecule has 0 aliphatic heterocycles. The van der Waals surface area contributed by atoms with Crippen molar-refractivity contribution in [3.05, 3.63) is 40.9 Å². The molecule has 0 amide bonds. The van der Waals surface area contributed by atoms with E-state index in [0.29, 0.717) is 6.04 Å². The molecule has 2 rings (SSSR count). The maximum atomic E-state index is 6.07. The molecule has 0 bridgehead atoms. The van der Waals surface area contributed by atoms with Crippen molar-refractivity contribution in [1.29, 1.82) is 0 Å². The molecule has 2 heteroatoms. The van der Waals surface area contributed by atoms with Gasteiger partial charge in [0, 0.05) is 16.8 Å². The molecular formula is C13H16ClN. The molecule has 1 atom stereocenters. The Morgan fingerprint density at radius 2 is 2.27 bits per heavy atom. The van der Waals surface area contributed by atoms with Crippen molar-refractivity contribution < 1.29 is 0 Å². The highest BCUT2D eigenvalue weighted by molar-refractivity contribution is 6.31. The minimum absolute atomic E-state index is 0.470. The van der Waals surface area contributed by atoms with Gasteiger partial charge in [0.2, 0.25) is 0 Å². The Morgan fingerprint density at radius 3 is 2.93 bits per heavy atom. The zero-order valence-electron chi connectivity index (χ0n) is 8.96. The number of allylic oxidation sites excluding steroid dienone is 1. The number of halogens is 1. The van der Waals surface area contributed by atoms with Crippen LogP contribution >= 0.6 is 11.6 Å². The van der Waals surface area contributed by atoms with E-state index in [1.807, 2.05) is 13.0 Å². The fourth-order valence-electron chi connectivity index (χ4n) is 1.83. The van der Waals surface area contributed by atoms with Crippen LogP contribution in [0.4, 0.5) is 5.69 Å². The van der Waals surface area contributed by atoms with Crippen molar-refractivity contribution in [1.82, 2.24) is 0 Å². The Balaban J connectivity index is 2.07. The summed E-state index contributed by atoms with van der Waals surface area (Å²) in [6, 6.07) is 6.61. The van der Waals surface area contributed by atoms with E-state index in [9.17, 15) is 0 Å². The number of benzene rings is 1. The Labute approximate surface area is 96.1 Å². The maximum Gasteiger partial charge on any atom is 0.0455 e. The quantitative estimate of drug-likeness (QED) is 0.740. The molecule has 0 radical (unpaired) electrons. The Hall–Kier alpha value is -0.950. The van der Waals surface area contributed by atoms with Crippen LogP contribution in [-0.4, -0.2) is 6.04 Å². The third-order valence-corrected chi connectivity index (χ3v) is 3.19. The van der Waals surface area contributed by atoms with E-state index in [1.165, 1.54) is 19.3 Å². The number of rotatable bonds is 2. The van der Waals surface area contributed by atoms with Crippen LogP contribution in [0.1, 0.15) is 24.8 Å². The van der Waals surface area contributed by atoms with Gasteiger partial charge in [0.15, 0.2) is 0 Å². The Kier molecular flexibility index (Phi) is 3.32. The van der Waals surface area contributed by atoms with Gasteiger partial charge in [-0.2, -0.15) is 0 Å². The molecule has 1 nitrogen and oxygen atoms in total. The van der Waals surface area contributed by atoms with E-state index in [0.717, 1.165) is 16.3 Å². The van der Waals surface area contributed by atoms with Crippen LogP contribution in [0.2, 0.25) is 5.02 Å². The lowest BCUT2D eigenvalue weighted by atomic mass is 10.0. The molecule has 1 N–H and O–H groups in total. The van der Waals surface area contributed by atoms with Gasteiger partial charge in [-0.25, -0.2) is 0 Å². The van der Waals surface area contributed by atoms with Crippen LogP contribution in [0.25, 0.3) is 0 Å². The predicted octanol–water partition coefficient (Wildman–Crippen LogP) is 4.17. The van der Waals surface area contributed by atoms with Gasteiger partial charge in [-0.05, 0) is 43.9 Å². The van der Waals surface area contributed by atoms with Crippen LogP contribution in [0.5, 0.6) is 0 Å². The normalized spacial score (nSPS) is 20.3. The zero-order chi connectivity index (χ0) is 10.7. The maximum absolute atomic E-state index is 6.07. The van der Waals surface area contributed by atoms with Crippen molar-refractivity contribution in [2.45, 2.75) is 32.2 Å². The SMILES string of the molecule is Cc1ccc(NC2C=CCCC2)cc1Cl. The van der Waals surface area contributed by atoms with Crippen molar-refractivity contribution in [3.63, 3.8) is 0 Å². The summed E-state index contributed by atoms with van der Waals surface area (Å²) in [6.45, 7) is 2.02. The number of anilines is 1. The van der Waals surface area contributed by atoms with E-state index < -0.39 is 0 Å². The fourth-order valence-corrected chi connectivity index (χ4v) is 2.01. The number of aryl methyl sites for hydroxylation is 1. The van der Waals surface area contributed by atoms with Gasteiger partial charge < -0.3 is 5.32 Å². The zero-order valence-corrected chi connectivity index (χ0v) is 9.72. The third-order valence-electron chi connectivity index (χ3n) is 2.78. The van der Waals surface area contributed by atoms with E-state index in [2.05, 4.69) is 29.6 Å². The van der Waals surface area contributed by atoms with Gasteiger partial charge >= 0.3 is 0 Å². The van der Waals surface area contributed by atoms with E-state index in [-0.39, 0.29) is 0 Å². The molecule has 0 heterocycles. The summed E-state index contributed by atoms with van der Waals surface area (Å²) >= 11 is 6.07. The molecule has 0 fully saturated rings. The standard InChI is InChI=1S/C13H16ClN/c1-10-7-8-12(9-13(10)14)15-11-5-3-2-4-6-11/h3,5,7-9,11,15H,2,4,6H2,1H3. The lowest BCUT2D eigenvalue weighted by molar-refractivity contribution is 0.674. The molecule has 0 aromatic heterocycles. The Morgan fingerprint density at radius 1 is 1.40 bits per heavy atom. The molecule has 0 saturated heterocycles. The van der Waals surface area contributed by atoms with Crippen LogP contribution in [0.15, 0.2) is 30.4 Å². The summed E-state index contributed by atoms with van der Waals surface area (Å²) < 4.78 is 0. The highest BCUT2D eigenvalue weighted by Gasteiger charge is 2.08. The van der Waals surface area contributed by atoms with Crippen molar-refractivity contribution in [2.75, 3.05) is 5.32 Å². The van der Waals surface area contributed by atoms with Crippen molar-refractivity contribution in [3.8, 4) is 0 Å². The molecule has 1 unspecified atom stereocenters. The highest BCUT2D eigenvalue weighted by Crippen LogP contribution is 2.22. The van der Waals surface area contributed by atoms with E-state index in [1.54, 1.807) is 0 Å². The molecular weight excluding hydrogens is 206 g/mol. The van der Waals surface area contributed by atoms with Gasteiger partial charge in [-0.1, -0.05) is 29.8 Å². The van der Waals surface area contributed by atoms with Crippen LogP contribution in [0.3, 0.4) is 0 Å². The van der Waals surface area contributed by atoms with E-state index in [4.69, 9.17) is 11.6 Å². The minimum Gasteiger partial charge on any atom is -0.379 e. The molecule has 1 aromatic carbocycles. The molecule has 0 spiro atoms. The second kappa shape index (κ2) is 4.71. The Bertz CT molecular complexity index is 371. The second-order valence-electron chi connectivity index (χ2n) is 4.07. The van der Waals surface area contributed by atoms with Gasteiger partial charge in [0.05, 0.1) is 0 Å². The summed E-state index contributed by atoms with van der Waals surface area (Å²) in [5, 5.41) is 4.31. The summed E-state index contributed by atoms with van der Waals surface area (Å²) in [6.07, 6.45) is 8.19. The average Bonchev–Trinajstić information content (AvgIpc) is 2.25.